The predicted molar refractivity (Wildman–Crippen MR) is 51.4 cm³/mol. The number of anilines is 2. The molecular weight excluding hydrogens is 241 g/mol. The molecule has 1 aromatic carbocycles. The molecule has 1 aromatic rings. The van der Waals surface area contributed by atoms with Gasteiger partial charge in [0.05, 0.1) is 5.69 Å². The van der Waals surface area contributed by atoms with Gasteiger partial charge < -0.3 is 11.2 Å². The Bertz CT molecular complexity index is 236. The predicted octanol–water partition coefficient (Wildman–Crippen LogP) is 1.16. The number of nitrogen functional groups attached to an aromatic ring is 2. The summed E-state index contributed by atoms with van der Waals surface area (Å²) >= 11 is 2.18. The molecule has 0 heterocycles. The minimum absolute atomic E-state index is 0.716. The van der Waals surface area contributed by atoms with Gasteiger partial charge in [0.2, 0.25) is 0 Å². The molecule has 4 heteroatoms. The third kappa shape index (κ3) is 1.51. The van der Waals surface area contributed by atoms with Gasteiger partial charge in [-0.3, -0.25) is 5.84 Å². The Kier molecular flexibility index (Phi) is 2.34. The first-order valence-corrected chi connectivity index (χ1v) is 3.83. The fourth-order valence-electron chi connectivity index (χ4n) is 0.654. The van der Waals surface area contributed by atoms with Crippen molar-refractivity contribution in [3.63, 3.8) is 0 Å². The summed E-state index contributed by atoms with van der Waals surface area (Å²) in [4.78, 5) is 0. The number of hydrogen-bond acceptors (Lipinski definition) is 3. The number of benzene rings is 1. The first kappa shape index (κ1) is 7.62. The lowest BCUT2D eigenvalue weighted by Gasteiger charge is -2.02. The number of hydrogen-bond donors (Lipinski definition) is 3. The summed E-state index contributed by atoms with van der Waals surface area (Å²) < 4.78 is 1.06. The molecule has 0 aliphatic carbocycles. The first-order chi connectivity index (χ1) is 4.74. The van der Waals surface area contributed by atoms with Crippen LogP contribution in [0.15, 0.2) is 18.2 Å². The van der Waals surface area contributed by atoms with Crippen molar-refractivity contribution in [1.29, 1.82) is 0 Å². The van der Waals surface area contributed by atoms with E-state index < -0.39 is 0 Å². The van der Waals surface area contributed by atoms with Gasteiger partial charge in [-0.25, -0.2) is 0 Å². The Hall–Kier alpha value is -0.490. The maximum atomic E-state index is 5.50. The van der Waals surface area contributed by atoms with Crippen molar-refractivity contribution in [3.8, 4) is 0 Å². The zero-order valence-corrected chi connectivity index (χ0v) is 7.42. The Morgan fingerprint density at radius 2 is 2.10 bits per heavy atom. The molecule has 0 unspecified atom stereocenters. The minimum atomic E-state index is 0.716. The van der Waals surface area contributed by atoms with E-state index in [9.17, 15) is 0 Å². The summed E-state index contributed by atoms with van der Waals surface area (Å²) in [5.74, 6) is 5.21. The van der Waals surface area contributed by atoms with Crippen LogP contribution in [-0.2, 0) is 0 Å². The van der Waals surface area contributed by atoms with E-state index in [4.69, 9.17) is 11.6 Å². The fraction of sp³-hybridized carbons (Fsp3) is 0. The molecular formula is C6H8IN3. The van der Waals surface area contributed by atoms with Crippen molar-refractivity contribution in [3.05, 3.63) is 21.8 Å². The number of rotatable bonds is 1. The molecule has 5 N–H and O–H groups in total. The molecule has 0 saturated heterocycles. The van der Waals surface area contributed by atoms with Crippen LogP contribution in [0.5, 0.6) is 0 Å². The van der Waals surface area contributed by atoms with E-state index in [2.05, 4.69) is 28.0 Å². The van der Waals surface area contributed by atoms with Crippen molar-refractivity contribution in [2.24, 2.45) is 5.84 Å². The molecule has 10 heavy (non-hydrogen) atoms. The Morgan fingerprint density at radius 1 is 1.40 bits per heavy atom. The zero-order chi connectivity index (χ0) is 7.56. The topological polar surface area (TPSA) is 64.1 Å². The van der Waals surface area contributed by atoms with Crippen LogP contribution in [0.3, 0.4) is 0 Å². The third-order valence-corrected chi connectivity index (χ3v) is 2.09. The molecule has 0 atom stereocenters. The molecule has 0 aliphatic rings. The lowest BCUT2D eigenvalue weighted by molar-refractivity contribution is 1.34. The van der Waals surface area contributed by atoms with Crippen molar-refractivity contribution in [2.75, 3.05) is 11.2 Å². The van der Waals surface area contributed by atoms with Crippen molar-refractivity contribution < 1.29 is 0 Å². The quantitative estimate of drug-likeness (QED) is 0.303. The third-order valence-electron chi connectivity index (χ3n) is 1.15. The second-order valence-corrected chi connectivity index (χ2v) is 3.05. The summed E-state index contributed by atoms with van der Waals surface area (Å²) in [6.07, 6.45) is 0. The summed E-state index contributed by atoms with van der Waals surface area (Å²) in [6.45, 7) is 0. The van der Waals surface area contributed by atoms with Crippen LogP contribution >= 0.6 is 22.6 Å². The minimum Gasteiger partial charge on any atom is -0.399 e. The molecule has 0 saturated carbocycles. The van der Waals surface area contributed by atoms with Crippen LogP contribution in [0.4, 0.5) is 11.4 Å². The summed E-state index contributed by atoms with van der Waals surface area (Å²) in [5, 5.41) is 0. The normalized spacial score (nSPS) is 9.40. The van der Waals surface area contributed by atoms with Crippen LogP contribution in [0, 0.1) is 3.57 Å². The summed E-state index contributed by atoms with van der Waals surface area (Å²) in [7, 11) is 0. The van der Waals surface area contributed by atoms with Crippen LogP contribution in [-0.4, -0.2) is 0 Å². The molecule has 0 fully saturated rings. The van der Waals surface area contributed by atoms with E-state index in [0.29, 0.717) is 5.69 Å². The van der Waals surface area contributed by atoms with E-state index in [1.807, 2.05) is 12.1 Å². The largest absolute Gasteiger partial charge is 0.399 e. The van der Waals surface area contributed by atoms with Gasteiger partial charge >= 0.3 is 0 Å². The summed E-state index contributed by atoms with van der Waals surface area (Å²) in [6, 6.07) is 5.54. The molecule has 0 amide bonds. The van der Waals surface area contributed by atoms with Gasteiger partial charge in [0.25, 0.3) is 0 Å². The average Bonchev–Trinajstić information content (AvgIpc) is 1.94. The molecule has 0 aromatic heterocycles. The van der Waals surface area contributed by atoms with E-state index in [1.54, 1.807) is 6.07 Å². The van der Waals surface area contributed by atoms with Gasteiger partial charge in [-0.1, -0.05) is 0 Å². The molecule has 0 bridgehead atoms. The first-order valence-electron chi connectivity index (χ1n) is 2.75. The Balaban J connectivity index is 3.09. The van der Waals surface area contributed by atoms with Crippen LogP contribution < -0.4 is 17.0 Å². The highest BCUT2D eigenvalue weighted by atomic mass is 127. The highest BCUT2D eigenvalue weighted by molar-refractivity contribution is 14.1. The van der Waals surface area contributed by atoms with Gasteiger partial charge in [-0.15, -0.1) is 0 Å². The maximum absolute atomic E-state index is 5.50. The molecule has 3 nitrogen and oxygen atoms in total. The van der Waals surface area contributed by atoms with Gasteiger partial charge in [-0.2, -0.15) is 0 Å². The van der Waals surface area contributed by atoms with Gasteiger partial charge in [-0.05, 0) is 40.8 Å². The fourth-order valence-corrected chi connectivity index (χ4v) is 1.14. The highest BCUT2D eigenvalue weighted by Crippen LogP contribution is 2.19. The van der Waals surface area contributed by atoms with Crippen molar-refractivity contribution in [1.82, 2.24) is 0 Å². The van der Waals surface area contributed by atoms with E-state index >= 15 is 0 Å². The number of halogens is 1. The lowest BCUT2D eigenvalue weighted by atomic mass is 10.3. The van der Waals surface area contributed by atoms with Crippen molar-refractivity contribution in [2.45, 2.75) is 0 Å². The SMILES string of the molecule is NNc1cc(N)ccc1I. The zero-order valence-electron chi connectivity index (χ0n) is 5.26. The van der Waals surface area contributed by atoms with E-state index in [-0.39, 0.29) is 0 Å². The molecule has 0 radical (unpaired) electrons. The number of nitrogens with one attached hydrogen (secondary N) is 1. The molecule has 0 spiro atoms. The smallest absolute Gasteiger partial charge is 0.0639 e. The molecule has 54 valence electrons. The van der Waals surface area contributed by atoms with E-state index in [1.165, 1.54) is 0 Å². The summed E-state index contributed by atoms with van der Waals surface area (Å²) in [5.41, 5.74) is 9.63. The second-order valence-electron chi connectivity index (χ2n) is 1.88. The average molecular weight is 249 g/mol. The van der Waals surface area contributed by atoms with Gasteiger partial charge in [0, 0.05) is 9.26 Å². The van der Waals surface area contributed by atoms with Crippen LogP contribution in [0.1, 0.15) is 0 Å². The maximum Gasteiger partial charge on any atom is 0.0639 e. The Labute approximate surface area is 72.9 Å². The lowest BCUT2D eigenvalue weighted by Crippen LogP contribution is -2.08. The molecule has 1 rings (SSSR count). The van der Waals surface area contributed by atoms with Crippen molar-refractivity contribution >= 4 is 34.0 Å². The van der Waals surface area contributed by atoms with Gasteiger partial charge in [0.1, 0.15) is 0 Å². The highest BCUT2D eigenvalue weighted by Gasteiger charge is 1.95. The Morgan fingerprint density at radius 3 is 2.60 bits per heavy atom. The van der Waals surface area contributed by atoms with Gasteiger partial charge in [0.15, 0.2) is 0 Å². The number of nitrogens with two attached hydrogens (primary N) is 2. The monoisotopic (exact) mass is 249 g/mol. The number of hydrazine groups is 1. The van der Waals surface area contributed by atoms with E-state index in [0.717, 1.165) is 9.26 Å². The molecule has 0 aliphatic heterocycles. The van der Waals surface area contributed by atoms with Crippen LogP contribution in [0.2, 0.25) is 0 Å². The second kappa shape index (κ2) is 3.07. The standard InChI is InChI=1S/C6H8IN3/c7-5-2-1-4(8)3-6(5)10-9/h1-3,10H,8-9H2. The van der Waals surface area contributed by atoms with Crippen LogP contribution in [0.25, 0.3) is 0 Å².